The molecule has 1 N–H and O–H groups in total. The Hall–Kier alpha value is -1.85. The number of ether oxygens (including phenoxy) is 2. The van der Waals surface area contributed by atoms with Gasteiger partial charge in [0.25, 0.3) is 0 Å². The molecule has 0 atom stereocenters. The zero-order valence-corrected chi connectivity index (χ0v) is 11.7. The molecule has 1 aliphatic rings. The molecule has 0 spiro atoms. The van der Waals surface area contributed by atoms with Crippen LogP contribution in [-0.2, 0) is 9.47 Å². The van der Waals surface area contributed by atoms with Crippen molar-refractivity contribution >= 4 is 5.69 Å². The van der Waals surface area contributed by atoms with Crippen LogP contribution in [0.4, 0.5) is 5.69 Å². The molecule has 1 aromatic carbocycles. The quantitative estimate of drug-likeness (QED) is 0.933. The fourth-order valence-electron chi connectivity index (χ4n) is 2.20. The van der Waals surface area contributed by atoms with Crippen LogP contribution in [0.1, 0.15) is 13.8 Å². The monoisotopic (exact) mass is 273 g/mol. The van der Waals surface area contributed by atoms with Crippen molar-refractivity contribution in [1.29, 1.82) is 0 Å². The van der Waals surface area contributed by atoms with Crippen molar-refractivity contribution in [2.75, 3.05) is 18.5 Å². The van der Waals surface area contributed by atoms with E-state index in [0.717, 1.165) is 11.4 Å². The largest absolute Gasteiger partial charge is 0.376 e. The number of anilines is 1. The fraction of sp³-hybridized carbons (Fsp3) is 0.400. The standard InChI is InChI=1S/C15H19N3O2/c1-15(2)19-10-12(11-20-15)17-13-6-3-4-7-14(13)18-9-5-8-16-18/h3-9,12,17H,10-11H2,1-2H3. The van der Waals surface area contributed by atoms with Gasteiger partial charge in [0.2, 0.25) is 0 Å². The molecule has 5 heteroatoms. The van der Waals surface area contributed by atoms with Gasteiger partial charge in [-0.15, -0.1) is 0 Å². The summed E-state index contributed by atoms with van der Waals surface area (Å²) >= 11 is 0. The summed E-state index contributed by atoms with van der Waals surface area (Å²) in [6, 6.07) is 10.1. The molecular weight excluding hydrogens is 254 g/mol. The van der Waals surface area contributed by atoms with Crippen LogP contribution in [0.5, 0.6) is 0 Å². The summed E-state index contributed by atoms with van der Waals surface area (Å²) in [6.45, 7) is 5.11. The molecule has 0 amide bonds. The summed E-state index contributed by atoms with van der Waals surface area (Å²) in [7, 11) is 0. The Morgan fingerprint density at radius 2 is 1.95 bits per heavy atom. The van der Waals surface area contributed by atoms with Crippen LogP contribution >= 0.6 is 0 Å². The Bertz CT molecular complexity index is 556. The van der Waals surface area contributed by atoms with Crippen molar-refractivity contribution in [3.63, 3.8) is 0 Å². The molecule has 0 bridgehead atoms. The van der Waals surface area contributed by atoms with Crippen molar-refractivity contribution in [2.45, 2.75) is 25.7 Å². The molecule has 0 radical (unpaired) electrons. The van der Waals surface area contributed by atoms with Gasteiger partial charge in [-0.05, 0) is 32.0 Å². The van der Waals surface area contributed by atoms with Crippen LogP contribution in [0.3, 0.4) is 0 Å². The maximum absolute atomic E-state index is 5.67. The summed E-state index contributed by atoms with van der Waals surface area (Å²) in [5, 5.41) is 7.74. The minimum Gasteiger partial charge on any atom is -0.376 e. The van der Waals surface area contributed by atoms with Crippen LogP contribution in [0.25, 0.3) is 5.69 Å². The Morgan fingerprint density at radius 3 is 2.65 bits per heavy atom. The predicted octanol–water partition coefficient (Wildman–Crippen LogP) is 2.44. The summed E-state index contributed by atoms with van der Waals surface area (Å²) in [4.78, 5) is 0. The van der Waals surface area contributed by atoms with Crippen molar-refractivity contribution in [2.24, 2.45) is 0 Å². The van der Waals surface area contributed by atoms with E-state index in [1.54, 1.807) is 6.20 Å². The lowest BCUT2D eigenvalue weighted by molar-refractivity contribution is -0.247. The van der Waals surface area contributed by atoms with E-state index in [9.17, 15) is 0 Å². The summed E-state index contributed by atoms with van der Waals surface area (Å²) in [5.74, 6) is -0.486. The van der Waals surface area contributed by atoms with Crippen LogP contribution in [-0.4, -0.2) is 34.8 Å². The van der Waals surface area contributed by atoms with Gasteiger partial charge in [-0.2, -0.15) is 5.10 Å². The first-order valence-corrected chi connectivity index (χ1v) is 6.77. The van der Waals surface area contributed by atoms with E-state index in [-0.39, 0.29) is 6.04 Å². The molecule has 3 rings (SSSR count). The fourth-order valence-corrected chi connectivity index (χ4v) is 2.20. The van der Waals surface area contributed by atoms with E-state index in [2.05, 4.69) is 10.4 Å². The molecule has 106 valence electrons. The van der Waals surface area contributed by atoms with Gasteiger partial charge in [0.05, 0.1) is 30.6 Å². The Morgan fingerprint density at radius 1 is 1.20 bits per heavy atom. The van der Waals surface area contributed by atoms with Crippen molar-refractivity contribution < 1.29 is 9.47 Å². The lowest BCUT2D eigenvalue weighted by Gasteiger charge is -2.35. The molecule has 1 saturated heterocycles. The van der Waals surface area contributed by atoms with Gasteiger partial charge >= 0.3 is 0 Å². The van der Waals surface area contributed by atoms with Crippen molar-refractivity contribution in [1.82, 2.24) is 9.78 Å². The first kappa shape index (κ1) is 13.1. The average molecular weight is 273 g/mol. The Labute approximate surface area is 118 Å². The topological polar surface area (TPSA) is 48.3 Å². The highest BCUT2D eigenvalue weighted by atomic mass is 16.7. The van der Waals surface area contributed by atoms with Gasteiger partial charge < -0.3 is 14.8 Å². The minimum atomic E-state index is -0.486. The molecule has 2 heterocycles. The maximum atomic E-state index is 5.67. The highest BCUT2D eigenvalue weighted by Crippen LogP contribution is 2.23. The second-order valence-corrected chi connectivity index (χ2v) is 5.33. The smallest absolute Gasteiger partial charge is 0.162 e. The predicted molar refractivity (Wildman–Crippen MR) is 77.0 cm³/mol. The summed E-state index contributed by atoms with van der Waals surface area (Å²) < 4.78 is 13.2. The number of para-hydroxylation sites is 2. The van der Waals surface area contributed by atoms with Gasteiger partial charge in [-0.25, -0.2) is 4.68 Å². The number of hydrogen-bond acceptors (Lipinski definition) is 4. The van der Waals surface area contributed by atoms with E-state index in [4.69, 9.17) is 9.47 Å². The molecule has 1 fully saturated rings. The summed E-state index contributed by atoms with van der Waals surface area (Å²) in [6.07, 6.45) is 3.70. The molecule has 2 aromatic rings. The highest BCUT2D eigenvalue weighted by molar-refractivity contribution is 5.61. The van der Waals surface area contributed by atoms with Gasteiger partial charge in [0.15, 0.2) is 5.79 Å². The van der Waals surface area contributed by atoms with Gasteiger partial charge in [0, 0.05) is 12.4 Å². The first-order valence-electron chi connectivity index (χ1n) is 6.77. The highest BCUT2D eigenvalue weighted by Gasteiger charge is 2.28. The number of nitrogens with zero attached hydrogens (tertiary/aromatic N) is 2. The second-order valence-electron chi connectivity index (χ2n) is 5.33. The third kappa shape index (κ3) is 2.84. The van der Waals surface area contributed by atoms with E-state index in [1.165, 1.54) is 0 Å². The van der Waals surface area contributed by atoms with Gasteiger partial charge in [-0.1, -0.05) is 12.1 Å². The van der Waals surface area contributed by atoms with Crippen LogP contribution in [0, 0.1) is 0 Å². The van der Waals surface area contributed by atoms with Crippen molar-refractivity contribution in [3.8, 4) is 5.69 Å². The SMILES string of the molecule is CC1(C)OCC(Nc2ccccc2-n2cccn2)CO1. The molecule has 0 unspecified atom stereocenters. The molecule has 20 heavy (non-hydrogen) atoms. The number of aromatic nitrogens is 2. The number of benzene rings is 1. The number of nitrogens with one attached hydrogen (secondary N) is 1. The third-order valence-electron chi connectivity index (χ3n) is 3.28. The second kappa shape index (κ2) is 5.26. The zero-order valence-electron chi connectivity index (χ0n) is 11.7. The van der Waals surface area contributed by atoms with Crippen LogP contribution < -0.4 is 5.32 Å². The normalized spacial score (nSPS) is 18.9. The van der Waals surface area contributed by atoms with E-state index in [0.29, 0.717) is 13.2 Å². The Balaban J connectivity index is 1.75. The van der Waals surface area contributed by atoms with Gasteiger partial charge in [0.1, 0.15) is 0 Å². The summed E-state index contributed by atoms with van der Waals surface area (Å²) in [5.41, 5.74) is 2.04. The molecule has 1 aromatic heterocycles. The average Bonchev–Trinajstić information content (AvgIpc) is 2.96. The Kier molecular flexibility index (Phi) is 3.46. The molecule has 0 saturated carbocycles. The van der Waals surface area contributed by atoms with Gasteiger partial charge in [-0.3, -0.25) is 0 Å². The van der Waals surface area contributed by atoms with Crippen molar-refractivity contribution in [3.05, 3.63) is 42.7 Å². The molecule has 1 aliphatic heterocycles. The molecule has 5 nitrogen and oxygen atoms in total. The van der Waals surface area contributed by atoms with E-state index >= 15 is 0 Å². The number of rotatable bonds is 3. The van der Waals surface area contributed by atoms with Crippen LogP contribution in [0.15, 0.2) is 42.7 Å². The minimum absolute atomic E-state index is 0.139. The molecular formula is C15H19N3O2. The maximum Gasteiger partial charge on any atom is 0.162 e. The van der Waals surface area contributed by atoms with E-state index < -0.39 is 5.79 Å². The van der Waals surface area contributed by atoms with Crippen LogP contribution in [0.2, 0.25) is 0 Å². The number of hydrogen-bond donors (Lipinski definition) is 1. The van der Waals surface area contributed by atoms with E-state index in [1.807, 2.05) is 55.1 Å². The molecule has 0 aliphatic carbocycles. The zero-order chi connectivity index (χ0) is 14.0. The lowest BCUT2D eigenvalue weighted by atomic mass is 10.2. The third-order valence-corrected chi connectivity index (χ3v) is 3.28. The lowest BCUT2D eigenvalue weighted by Crippen LogP contribution is -2.45. The first-order chi connectivity index (χ1) is 9.64.